The van der Waals surface area contributed by atoms with Gasteiger partial charge in [0.05, 0.1) is 6.54 Å². The third-order valence-corrected chi connectivity index (χ3v) is 1.33. The van der Waals surface area contributed by atoms with Crippen molar-refractivity contribution < 1.29 is 13.2 Å². The average molecular weight is 191 g/mol. The van der Waals surface area contributed by atoms with Crippen LogP contribution in [0.4, 0.5) is 13.2 Å². The molecule has 0 heterocycles. The lowest BCUT2D eigenvalue weighted by molar-refractivity contribution is -0.124. The van der Waals surface area contributed by atoms with Crippen molar-refractivity contribution in [3.05, 3.63) is 0 Å². The number of alkyl halides is 3. The van der Waals surface area contributed by atoms with Gasteiger partial charge in [-0.15, -0.1) is 0 Å². The van der Waals surface area contributed by atoms with Crippen molar-refractivity contribution in [1.29, 1.82) is 0 Å². The normalized spacial score (nSPS) is 15.0. The molecule has 0 aliphatic heterocycles. The van der Waals surface area contributed by atoms with Crippen molar-refractivity contribution in [3.8, 4) is 0 Å². The van der Waals surface area contributed by atoms with Crippen LogP contribution in [0.3, 0.4) is 0 Å². The molecule has 0 saturated carbocycles. The highest BCUT2D eigenvalue weighted by atomic mass is 35.5. The van der Waals surface area contributed by atoms with Crippen molar-refractivity contribution in [2.24, 2.45) is 0 Å². The van der Waals surface area contributed by atoms with E-state index in [-0.39, 0.29) is 12.6 Å². The molecular formula is C5H10ClF3N2. The fourth-order valence-corrected chi connectivity index (χ4v) is 0.546. The summed E-state index contributed by atoms with van der Waals surface area (Å²) in [6, 6.07) is -0.168. The Labute approximate surface area is 68.2 Å². The Balaban J connectivity index is 3.28. The molecule has 2 N–H and O–H groups in total. The molecule has 0 aromatic carbocycles. The molecule has 68 valence electrons. The molecule has 0 fully saturated rings. The first-order valence-electron chi connectivity index (χ1n) is 3.09. The highest BCUT2D eigenvalue weighted by molar-refractivity contribution is 6.13. The summed E-state index contributed by atoms with van der Waals surface area (Å²) in [5.74, 6) is 0. The topological polar surface area (TPSA) is 24.1 Å². The minimum atomic E-state index is -4.15. The molecule has 0 aliphatic carbocycles. The van der Waals surface area contributed by atoms with Crippen LogP contribution in [0.15, 0.2) is 0 Å². The summed E-state index contributed by atoms with van der Waals surface area (Å²) >= 11 is 5.13. The van der Waals surface area contributed by atoms with E-state index in [0.29, 0.717) is 0 Å². The van der Waals surface area contributed by atoms with Crippen LogP contribution >= 0.6 is 11.8 Å². The number of halogens is 4. The molecule has 0 radical (unpaired) electrons. The van der Waals surface area contributed by atoms with Gasteiger partial charge in [0.15, 0.2) is 0 Å². The van der Waals surface area contributed by atoms with Crippen LogP contribution < -0.4 is 10.2 Å². The van der Waals surface area contributed by atoms with Gasteiger partial charge >= 0.3 is 6.18 Å². The Morgan fingerprint density at radius 2 is 2.00 bits per heavy atom. The van der Waals surface area contributed by atoms with E-state index in [9.17, 15) is 13.2 Å². The summed E-state index contributed by atoms with van der Waals surface area (Å²) in [7, 11) is 0. The van der Waals surface area contributed by atoms with Crippen molar-refractivity contribution in [2.45, 2.75) is 19.1 Å². The van der Waals surface area contributed by atoms with E-state index in [4.69, 9.17) is 11.8 Å². The first kappa shape index (κ1) is 11.0. The molecule has 0 amide bonds. The third kappa shape index (κ3) is 7.90. The monoisotopic (exact) mass is 190 g/mol. The first-order chi connectivity index (χ1) is 4.95. The van der Waals surface area contributed by atoms with Gasteiger partial charge in [-0.2, -0.15) is 13.2 Å². The molecule has 0 saturated heterocycles. The maximum Gasteiger partial charge on any atom is 0.401 e. The lowest BCUT2D eigenvalue weighted by Gasteiger charge is -2.11. The quantitative estimate of drug-likeness (QED) is 0.653. The molecule has 6 heteroatoms. The van der Waals surface area contributed by atoms with Gasteiger partial charge in [0, 0.05) is 12.6 Å². The van der Waals surface area contributed by atoms with E-state index in [2.05, 4.69) is 10.2 Å². The maximum absolute atomic E-state index is 11.5. The average Bonchev–Trinajstić information content (AvgIpc) is 1.85. The Morgan fingerprint density at radius 1 is 1.45 bits per heavy atom. The zero-order chi connectivity index (χ0) is 8.91. The second-order valence-corrected chi connectivity index (χ2v) is 2.47. The zero-order valence-electron chi connectivity index (χ0n) is 6.00. The van der Waals surface area contributed by atoms with E-state index in [0.717, 1.165) is 0 Å². The van der Waals surface area contributed by atoms with Gasteiger partial charge in [-0.3, -0.25) is 0 Å². The number of hydrogen-bond acceptors (Lipinski definition) is 2. The highest BCUT2D eigenvalue weighted by Crippen LogP contribution is 2.11. The van der Waals surface area contributed by atoms with Gasteiger partial charge in [-0.05, 0) is 18.7 Å². The molecule has 2 nitrogen and oxygen atoms in total. The van der Waals surface area contributed by atoms with Crippen LogP contribution in [-0.2, 0) is 0 Å². The number of hydrogen-bond donors (Lipinski definition) is 2. The lowest BCUT2D eigenvalue weighted by atomic mass is 10.3. The summed E-state index contributed by atoms with van der Waals surface area (Å²) in [6.07, 6.45) is -4.15. The van der Waals surface area contributed by atoms with Crippen LogP contribution in [0.1, 0.15) is 6.92 Å². The number of nitrogens with one attached hydrogen (secondary N) is 2. The van der Waals surface area contributed by atoms with Crippen LogP contribution in [-0.4, -0.2) is 25.3 Å². The van der Waals surface area contributed by atoms with Crippen molar-refractivity contribution in [1.82, 2.24) is 10.2 Å². The summed E-state index contributed by atoms with van der Waals surface area (Å²) < 4.78 is 34.5. The zero-order valence-corrected chi connectivity index (χ0v) is 6.76. The molecule has 0 aliphatic rings. The molecule has 11 heavy (non-hydrogen) atoms. The summed E-state index contributed by atoms with van der Waals surface area (Å²) in [5, 5.41) is 2.20. The standard InChI is InChI=1S/C5H10ClF3N2/c1-4(11-6)2-10-3-5(7,8)9/h4,10-11H,2-3H2,1H3. The van der Waals surface area contributed by atoms with Crippen molar-refractivity contribution in [3.63, 3.8) is 0 Å². The molecule has 0 rings (SSSR count). The van der Waals surface area contributed by atoms with Gasteiger partial charge in [-0.1, -0.05) is 0 Å². The lowest BCUT2D eigenvalue weighted by Crippen LogP contribution is -2.37. The van der Waals surface area contributed by atoms with Gasteiger partial charge in [0.1, 0.15) is 0 Å². The molecular weight excluding hydrogens is 181 g/mol. The fourth-order valence-electron chi connectivity index (χ4n) is 0.469. The smallest absolute Gasteiger partial charge is 0.307 e. The van der Waals surface area contributed by atoms with Crippen molar-refractivity contribution in [2.75, 3.05) is 13.1 Å². The van der Waals surface area contributed by atoms with E-state index < -0.39 is 12.7 Å². The fraction of sp³-hybridized carbons (Fsp3) is 1.00. The van der Waals surface area contributed by atoms with Crippen LogP contribution in [0, 0.1) is 0 Å². The van der Waals surface area contributed by atoms with Crippen LogP contribution in [0.5, 0.6) is 0 Å². The summed E-state index contributed by atoms with van der Waals surface area (Å²) in [5.41, 5.74) is 0. The SMILES string of the molecule is CC(CNCC(F)(F)F)NCl. The maximum atomic E-state index is 11.5. The van der Waals surface area contributed by atoms with Gasteiger partial charge < -0.3 is 5.32 Å². The second-order valence-electron chi connectivity index (χ2n) is 2.26. The summed E-state index contributed by atoms with van der Waals surface area (Å²) in [6.45, 7) is 0.898. The second kappa shape index (κ2) is 4.79. The van der Waals surface area contributed by atoms with E-state index >= 15 is 0 Å². The van der Waals surface area contributed by atoms with Crippen LogP contribution in [0.25, 0.3) is 0 Å². The van der Waals surface area contributed by atoms with Crippen LogP contribution in [0.2, 0.25) is 0 Å². The molecule has 0 bridgehead atoms. The highest BCUT2D eigenvalue weighted by Gasteiger charge is 2.26. The van der Waals surface area contributed by atoms with Gasteiger partial charge in [0.25, 0.3) is 0 Å². The first-order valence-corrected chi connectivity index (χ1v) is 3.47. The summed E-state index contributed by atoms with van der Waals surface area (Å²) in [4.78, 5) is 2.29. The van der Waals surface area contributed by atoms with Crippen molar-refractivity contribution >= 4 is 11.8 Å². The van der Waals surface area contributed by atoms with E-state index in [1.165, 1.54) is 0 Å². The van der Waals surface area contributed by atoms with E-state index in [1.807, 2.05) is 0 Å². The predicted octanol–water partition coefficient (Wildman–Crippen LogP) is 1.27. The third-order valence-electron chi connectivity index (χ3n) is 0.962. The largest absolute Gasteiger partial charge is 0.401 e. The molecule has 0 aromatic heterocycles. The molecule has 1 unspecified atom stereocenters. The minimum Gasteiger partial charge on any atom is -0.307 e. The Kier molecular flexibility index (Phi) is 4.79. The molecule has 0 spiro atoms. The Morgan fingerprint density at radius 3 is 2.36 bits per heavy atom. The number of rotatable bonds is 4. The predicted molar refractivity (Wildman–Crippen MR) is 37.4 cm³/mol. The van der Waals surface area contributed by atoms with Gasteiger partial charge in [-0.25, -0.2) is 4.84 Å². The Hall–Kier alpha value is 0. The minimum absolute atomic E-state index is 0.168. The van der Waals surface area contributed by atoms with Gasteiger partial charge in [0.2, 0.25) is 0 Å². The van der Waals surface area contributed by atoms with E-state index in [1.54, 1.807) is 6.92 Å². The molecule has 0 aromatic rings. The Bertz CT molecular complexity index is 106. The molecule has 1 atom stereocenters.